The number of amides is 1. The molecule has 1 fully saturated rings. The first-order valence-electron chi connectivity index (χ1n) is 9.05. The van der Waals surface area contributed by atoms with Crippen LogP contribution in [0.1, 0.15) is 34.8 Å². The SMILES string of the molecule is CS(=O)(=O)c1cc(C(=O)N2CCCC2c2ccc3c(c2)OCCO3)ccc1Cl. The third-order valence-corrected chi connectivity index (χ3v) is 6.62. The molecule has 0 bridgehead atoms. The molecule has 6 nitrogen and oxygen atoms in total. The van der Waals surface area contributed by atoms with Crippen molar-refractivity contribution in [3.63, 3.8) is 0 Å². The molecule has 1 amide bonds. The molecule has 4 rings (SSSR count). The van der Waals surface area contributed by atoms with Gasteiger partial charge < -0.3 is 14.4 Å². The number of hydrogen-bond acceptors (Lipinski definition) is 5. The molecule has 2 heterocycles. The van der Waals surface area contributed by atoms with Crippen LogP contribution >= 0.6 is 11.6 Å². The van der Waals surface area contributed by atoms with Crippen LogP contribution in [0.2, 0.25) is 5.02 Å². The lowest BCUT2D eigenvalue weighted by atomic mass is 10.0. The fourth-order valence-electron chi connectivity index (χ4n) is 3.71. The van der Waals surface area contributed by atoms with Gasteiger partial charge in [0.15, 0.2) is 21.3 Å². The van der Waals surface area contributed by atoms with E-state index in [9.17, 15) is 13.2 Å². The van der Waals surface area contributed by atoms with E-state index in [1.807, 2.05) is 18.2 Å². The van der Waals surface area contributed by atoms with Crippen LogP contribution in [0.3, 0.4) is 0 Å². The Morgan fingerprint density at radius 1 is 1.11 bits per heavy atom. The average molecular weight is 422 g/mol. The minimum atomic E-state index is -3.52. The van der Waals surface area contributed by atoms with Crippen molar-refractivity contribution in [2.45, 2.75) is 23.8 Å². The van der Waals surface area contributed by atoms with Crippen LogP contribution in [-0.4, -0.2) is 45.2 Å². The first kappa shape index (κ1) is 19.1. The number of rotatable bonds is 3. The Balaban J connectivity index is 1.64. The first-order valence-corrected chi connectivity index (χ1v) is 11.3. The van der Waals surface area contributed by atoms with Gasteiger partial charge in [-0.1, -0.05) is 17.7 Å². The van der Waals surface area contributed by atoms with Crippen LogP contribution in [0.4, 0.5) is 0 Å². The van der Waals surface area contributed by atoms with Gasteiger partial charge in [-0.15, -0.1) is 0 Å². The van der Waals surface area contributed by atoms with E-state index in [2.05, 4.69) is 0 Å². The molecule has 1 saturated heterocycles. The molecule has 1 unspecified atom stereocenters. The number of carbonyl (C=O) groups is 1. The molecule has 8 heteroatoms. The van der Waals surface area contributed by atoms with Gasteiger partial charge in [0.2, 0.25) is 0 Å². The molecular formula is C20H20ClNO5S. The highest BCUT2D eigenvalue weighted by Crippen LogP contribution is 2.39. The lowest BCUT2D eigenvalue weighted by Gasteiger charge is -2.27. The van der Waals surface area contributed by atoms with E-state index in [0.717, 1.165) is 24.7 Å². The Labute approximate surface area is 168 Å². The summed E-state index contributed by atoms with van der Waals surface area (Å²) >= 11 is 6.01. The summed E-state index contributed by atoms with van der Waals surface area (Å²) in [6.45, 7) is 1.64. The summed E-state index contributed by atoms with van der Waals surface area (Å²) in [5, 5.41) is 0.115. The zero-order chi connectivity index (χ0) is 19.9. The lowest BCUT2D eigenvalue weighted by molar-refractivity contribution is 0.0735. The fraction of sp³-hybridized carbons (Fsp3) is 0.350. The second kappa shape index (κ2) is 7.29. The van der Waals surface area contributed by atoms with Crippen molar-refractivity contribution in [3.8, 4) is 11.5 Å². The monoisotopic (exact) mass is 421 g/mol. The van der Waals surface area contributed by atoms with E-state index in [1.165, 1.54) is 12.1 Å². The van der Waals surface area contributed by atoms with E-state index in [0.29, 0.717) is 36.8 Å². The van der Waals surface area contributed by atoms with E-state index >= 15 is 0 Å². The predicted octanol–water partition coefficient (Wildman–Crippen LogP) is 3.49. The van der Waals surface area contributed by atoms with E-state index in [1.54, 1.807) is 11.0 Å². The van der Waals surface area contributed by atoms with Gasteiger partial charge in [0, 0.05) is 18.4 Å². The van der Waals surface area contributed by atoms with Crippen LogP contribution in [0.25, 0.3) is 0 Å². The predicted molar refractivity (Wildman–Crippen MR) is 105 cm³/mol. The Hall–Kier alpha value is -2.25. The van der Waals surface area contributed by atoms with E-state index in [4.69, 9.17) is 21.1 Å². The standard InChI is InChI=1S/C20H20ClNO5S/c1-28(24,25)19-12-14(4-6-15(19)21)20(23)22-8-2-3-16(22)13-5-7-17-18(11-13)27-10-9-26-17/h4-7,11-12,16H,2-3,8-10H2,1H3. The summed E-state index contributed by atoms with van der Waals surface area (Å²) in [6, 6.07) is 10.0. The summed E-state index contributed by atoms with van der Waals surface area (Å²) in [7, 11) is -3.52. The summed E-state index contributed by atoms with van der Waals surface area (Å²) in [5.41, 5.74) is 1.29. The zero-order valence-corrected chi connectivity index (χ0v) is 16.9. The first-order chi connectivity index (χ1) is 13.3. The van der Waals surface area contributed by atoms with Crippen molar-refractivity contribution in [2.75, 3.05) is 26.0 Å². The molecule has 2 aromatic carbocycles. The average Bonchev–Trinajstić information content (AvgIpc) is 3.16. The van der Waals surface area contributed by atoms with Crippen molar-refractivity contribution >= 4 is 27.3 Å². The number of carbonyl (C=O) groups excluding carboxylic acids is 1. The zero-order valence-electron chi connectivity index (χ0n) is 15.4. The lowest BCUT2D eigenvalue weighted by Crippen LogP contribution is -2.30. The molecule has 0 aromatic heterocycles. The number of sulfone groups is 1. The maximum atomic E-state index is 13.1. The number of benzene rings is 2. The number of halogens is 1. The second-order valence-corrected chi connectivity index (χ2v) is 9.37. The Morgan fingerprint density at radius 3 is 2.61 bits per heavy atom. The molecule has 2 aromatic rings. The number of likely N-dealkylation sites (tertiary alicyclic amines) is 1. The van der Waals surface area contributed by atoms with Gasteiger partial charge in [0.25, 0.3) is 5.91 Å². The fourth-order valence-corrected chi connectivity index (χ4v) is 5.01. The molecule has 0 saturated carbocycles. The molecule has 1 atom stereocenters. The third kappa shape index (κ3) is 3.56. The molecule has 28 heavy (non-hydrogen) atoms. The van der Waals surface area contributed by atoms with E-state index < -0.39 is 9.84 Å². The van der Waals surface area contributed by atoms with Crippen molar-refractivity contribution < 1.29 is 22.7 Å². The van der Waals surface area contributed by atoms with E-state index in [-0.39, 0.29) is 21.9 Å². The van der Waals surface area contributed by atoms with Crippen LogP contribution in [-0.2, 0) is 9.84 Å². The number of ether oxygens (including phenoxy) is 2. The maximum Gasteiger partial charge on any atom is 0.254 e. The summed E-state index contributed by atoms with van der Waals surface area (Å²) in [5.74, 6) is 1.19. The molecule has 0 radical (unpaired) electrons. The number of fused-ring (bicyclic) bond motifs is 1. The normalized spacial score (nSPS) is 18.9. The maximum absolute atomic E-state index is 13.1. The highest BCUT2D eigenvalue weighted by molar-refractivity contribution is 7.90. The van der Waals surface area contributed by atoms with Gasteiger partial charge >= 0.3 is 0 Å². The van der Waals surface area contributed by atoms with Gasteiger partial charge in [0.05, 0.1) is 16.0 Å². The number of hydrogen-bond donors (Lipinski definition) is 0. The Morgan fingerprint density at radius 2 is 1.86 bits per heavy atom. The van der Waals surface area contributed by atoms with Gasteiger partial charge in [-0.3, -0.25) is 4.79 Å². The molecule has 148 valence electrons. The van der Waals surface area contributed by atoms with Gasteiger partial charge in [0.1, 0.15) is 13.2 Å². The summed E-state index contributed by atoms with van der Waals surface area (Å²) < 4.78 is 35.1. The summed E-state index contributed by atoms with van der Waals surface area (Å²) in [6.07, 6.45) is 2.78. The summed E-state index contributed by atoms with van der Waals surface area (Å²) in [4.78, 5) is 14.9. The second-order valence-electron chi connectivity index (χ2n) is 6.98. The van der Waals surface area contributed by atoms with Gasteiger partial charge in [-0.25, -0.2) is 8.42 Å². The topological polar surface area (TPSA) is 72.9 Å². The minimum absolute atomic E-state index is 0.0323. The van der Waals surface area contributed by atoms with Crippen molar-refractivity contribution in [2.24, 2.45) is 0 Å². The molecule has 0 spiro atoms. The molecule has 0 N–H and O–H groups in total. The largest absolute Gasteiger partial charge is 0.486 e. The Bertz CT molecular complexity index is 1040. The highest BCUT2D eigenvalue weighted by atomic mass is 35.5. The van der Waals surface area contributed by atoms with Crippen molar-refractivity contribution in [1.29, 1.82) is 0 Å². The van der Waals surface area contributed by atoms with Crippen LogP contribution in [0.5, 0.6) is 11.5 Å². The van der Waals surface area contributed by atoms with Crippen molar-refractivity contribution in [3.05, 3.63) is 52.5 Å². The smallest absolute Gasteiger partial charge is 0.254 e. The molecule has 2 aliphatic rings. The number of nitrogens with zero attached hydrogens (tertiary/aromatic N) is 1. The van der Waals surface area contributed by atoms with Crippen LogP contribution < -0.4 is 9.47 Å². The minimum Gasteiger partial charge on any atom is -0.486 e. The third-order valence-electron chi connectivity index (χ3n) is 5.04. The van der Waals surface area contributed by atoms with Crippen LogP contribution in [0.15, 0.2) is 41.3 Å². The van der Waals surface area contributed by atoms with Crippen LogP contribution in [0, 0.1) is 0 Å². The quantitative estimate of drug-likeness (QED) is 0.758. The highest BCUT2D eigenvalue weighted by Gasteiger charge is 2.32. The molecule has 0 aliphatic carbocycles. The molecule has 2 aliphatic heterocycles. The van der Waals surface area contributed by atoms with Gasteiger partial charge in [-0.2, -0.15) is 0 Å². The molecular weight excluding hydrogens is 402 g/mol. The Kier molecular flexibility index (Phi) is 4.97. The van der Waals surface area contributed by atoms with Crippen molar-refractivity contribution in [1.82, 2.24) is 4.90 Å². The van der Waals surface area contributed by atoms with Gasteiger partial charge in [-0.05, 0) is 48.7 Å².